The summed E-state index contributed by atoms with van der Waals surface area (Å²) in [6.07, 6.45) is 0. The van der Waals surface area contributed by atoms with Gasteiger partial charge in [-0.3, -0.25) is 0 Å². The van der Waals surface area contributed by atoms with E-state index >= 15 is 0 Å². The van der Waals surface area contributed by atoms with Crippen LogP contribution in [0.4, 0.5) is 0 Å². The molecule has 0 aliphatic rings. The van der Waals surface area contributed by atoms with Gasteiger partial charge in [0.15, 0.2) is 0 Å². The molecule has 0 aromatic rings. The summed E-state index contributed by atoms with van der Waals surface area (Å²) in [5.74, 6) is 0.514. The Morgan fingerprint density at radius 2 is 2.11 bits per heavy atom. The van der Waals surface area contributed by atoms with Crippen molar-refractivity contribution in [2.45, 2.75) is 6.92 Å². The minimum absolute atomic E-state index is 0.514. The highest BCUT2D eigenvalue weighted by molar-refractivity contribution is 6.31. The molecule has 0 radical (unpaired) electrons. The number of halogens is 2. The number of hydrogen-bond donors (Lipinski definition) is 1. The zero-order valence-corrected chi connectivity index (χ0v) is 7.18. The van der Waals surface area contributed by atoms with Crippen molar-refractivity contribution in [3.63, 3.8) is 0 Å². The normalized spacial score (nSPS) is 13.3. The first-order valence-corrected chi connectivity index (χ1v) is 3.68. The fourth-order valence-electron chi connectivity index (χ4n) is 0.379. The van der Waals surface area contributed by atoms with Crippen LogP contribution in [-0.4, -0.2) is 19.5 Å². The predicted molar refractivity (Wildman–Crippen MR) is 43.2 cm³/mol. The van der Waals surface area contributed by atoms with Crippen LogP contribution in [0.25, 0.3) is 0 Å². The Bertz CT molecular complexity index is 110. The van der Waals surface area contributed by atoms with Gasteiger partial charge in [-0.25, -0.2) is 0 Å². The summed E-state index contributed by atoms with van der Waals surface area (Å²) < 4.78 is 0. The Morgan fingerprint density at radius 3 is 2.44 bits per heavy atom. The maximum atomic E-state index is 5.76. The van der Waals surface area contributed by atoms with Gasteiger partial charge in [0, 0.05) is 17.5 Å². The second kappa shape index (κ2) is 5.10. The number of hydrogen-bond acceptors (Lipinski definition) is 1. The zero-order chi connectivity index (χ0) is 7.28. The summed E-state index contributed by atoms with van der Waals surface area (Å²) in [5, 5.41) is 3.75. The minimum atomic E-state index is 0.514. The average molecular weight is 168 g/mol. The molecular weight excluding hydrogens is 157 g/mol. The number of rotatable bonds is 3. The summed E-state index contributed by atoms with van der Waals surface area (Å²) in [5.41, 5.74) is 1.03. The molecule has 3 heteroatoms. The van der Waals surface area contributed by atoms with E-state index in [-0.39, 0.29) is 0 Å². The maximum Gasteiger partial charge on any atom is 0.0445 e. The zero-order valence-electron chi connectivity index (χ0n) is 5.67. The smallest absolute Gasteiger partial charge is 0.0445 e. The summed E-state index contributed by atoms with van der Waals surface area (Å²) in [6.45, 7) is 2.63. The van der Waals surface area contributed by atoms with Gasteiger partial charge in [0.25, 0.3) is 0 Å². The van der Waals surface area contributed by atoms with Gasteiger partial charge in [0.1, 0.15) is 0 Å². The van der Waals surface area contributed by atoms with Crippen molar-refractivity contribution >= 4 is 23.2 Å². The third-order valence-electron chi connectivity index (χ3n) is 0.996. The van der Waals surface area contributed by atoms with E-state index in [4.69, 9.17) is 23.2 Å². The molecule has 0 heterocycles. The van der Waals surface area contributed by atoms with Crippen molar-refractivity contribution in [3.8, 4) is 0 Å². The van der Waals surface area contributed by atoms with Crippen LogP contribution < -0.4 is 5.32 Å². The van der Waals surface area contributed by atoms with Crippen LogP contribution in [-0.2, 0) is 0 Å². The van der Waals surface area contributed by atoms with Gasteiger partial charge >= 0.3 is 0 Å². The number of alkyl halides is 1. The summed E-state index contributed by atoms with van der Waals surface area (Å²) in [7, 11) is 1.85. The highest BCUT2D eigenvalue weighted by atomic mass is 35.5. The molecule has 0 aliphatic carbocycles. The van der Waals surface area contributed by atoms with Crippen LogP contribution in [0, 0.1) is 0 Å². The summed E-state index contributed by atoms with van der Waals surface area (Å²) in [6, 6.07) is 0. The summed E-state index contributed by atoms with van der Waals surface area (Å²) in [4.78, 5) is 0. The molecule has 0 atom stereocenters. The molecule has 0 fully saturated rings. The van der Waals surface area contributed by atoms with Gasteiger partial charge in [0.05, 0.1) is 0 Å². The second-order valence-corrected chi connectivity index (χ2v) is 2.57. The van der Waals surface area contributed by atoms with Crippen molar-refractivity contribution in [2.24, 2.45) is 0 Å². The van der Waals surface area contributed by atoms with Gasteiger partial charge < -0.3 is 5.32 Å². The molecule has 0 saturated heterocycles. The number of likely N-dealkylation sites (N-methyl/N-ethyl adjacent to an activating group) is 1. The molecule has 0 unspecified atom stereocenters. The molecular formula is C6H11Cl2N. The molecule has 1 nitrogen and oxygen atoms in total. The first-order chi connectivity index (χ1) is 4.22. The first kappa shape index (κ1) is 9.28. The van der Waals surface area contributed by atoms with Gasteiger partial charge in [-0.05, 0) is 19.5 Å². The third-order valence-corrected chi connectivity index (χ3v) is 1.85. The van der Waals surface area contributed by atoms with Crippen molar-refractivity contribution in [3.05, 3.63) is 10.6 Å². The molecule has 54 valence electrons. The standard InChI is InChI=1S/C6H11Cl2N/c1-5(3-7)6(8)4-9-2/h9H,3-4H2,1-2H3/b6-5+. The molecule has 0 aliphatic heterocycles. The van der Waals surface area contributed by atoms with Gasteiger partial charge in [-0.15, -0.1) is 11.6 Å². The summed E-state index contributed by atoms with van der Waals surface area (Å²) >= 11 is 11.3. The predicted octanol–water partition coefficient (Wildman–Crippen LogP) is 1.96. The fourth-order valence-corrected chi connectivity index (χ4v) is 0.809. The van der Waals surface area contributed by atoms with E-state index < -0.39 is 0 Å². The first-order valence-electron chi connectivity index (χ1n) is 2.77. The molecule has 0 aromatic heterocycles. The molecule has 0 rings (SSSR count). The van der Waals surface area contributed by atoms with Crippen molar-refractivity contribution < 1.29 is 0 Å². The Labute approximate surface area is 66.0 Å². The monoisotopic (exact) mass is 167 g/mol. The van der Waals surface area contributed by atoms with E-state index in [2.05, 4.69) is 5.32 Å². The van der Waals surface area contributed by atoms with E-state index in [1.807, 2.05) is 14.0 Å². The van der Waals surface area contributed by atoms with Crippen LogP contribution >= 0.6 is 23.2 Å². The maximum absolute atomic E-state index is 5.76. The van der Waals surface area contributed by atoms with Crippen molar-refractivity contribution in [1.29, 1.82) is 0 Å². The average Bonchev–Trinajstić information content (AvgIpc) is 1.87. The Morgan fingerprint density at radius 1 is 1.56 bits per heavy atom. The number of allylic oxidation sites excluding steroid dienone is 1. The Balaban J connectivity index is 3.78. The third kappa shape index (κ3) is 3.79. The number of nitrogens with one attached hydrogen (secondary N) is 1. The molecule has 1 N–H and O–H groups in total. The lowest BCUT2D eigenvalue weighted by atomic mass is 10.3. The highest BCUT2D eigenvalue weighted by Crippen LogP contribution is 2.08. The lowest BCUT2D eigenvalue weighted by Crippen LogP contribution is -2.08. The highest BCUT2D eigenvalue weighted by Gasteiger charge is 1.94. The van der Waals surface area contributed by atoms with Crippen LogP contribution in [0.2, 0.25) is 0 Å². The van der Waals surface area contributed by atoms with E-state index in [9.17, 15) is 0 Å². The lowest BCUT2D eigenvalue weighted by Gasteiger charge is -1.99. The van der Waals surface area contributed by atoms with Gasteiger partial charge in [-0.1, -0.05) is 11.6 Å². The van der Waals surface area contributed by atoms with Crippen LogP contribution in [0.3, 0.4) is 0 Å². The molecule has 0 spiro atoms. The van der Waals surface area contributed by atoms with E-state index in [1.165, 1.54) is 0 Å². The molecule has 0 bridgehead atoms. The largest absolute Gasteiger partial charge is 0.315 e. The van der Waals surface area contributed by atoms with Crippen LogP contribution in [0.5, 0.6) is 0 Å². The van der Waals surface area contributed by atoms with Crippen molar-refractivity contribution in [1.82, 2.24) is 5.32 Å². The molecule has 0 amide bonds. The second-order valence-electron chi connectivity index (χ2n) is 1.85. The van der Waals surface area contributed by atoms with E-state index in [0.29, 0.717) is 12.4 Å². The van der Waals surface area contributed by atoms with E-state index in [0.717, 1.165) is 10.6 Å². The van der Waals surface area contributed by atoms with E-state index in [1.54, 1.807) is 0 Å². The Hall–Kier alpha value is 0.280. The van der Waals surface area contributed by atoms with Crippen LogP contribution in [0.15, 0.2) is 10.6 Å². The molecule has 0 saturated carbocycles. The van der Waals surface area contributed by atoms with Gasteiger partial charge in [0.2, 0.25) is 0 Å². The quantitative estimate of drug-likeness (QED) is 0.635. The minimum Gasteiger partial charge on any atom is -0.315 e. The fraction of sp³-hybridized carbons (Fsp3) is 0.667. The molecule has 9 heavy (non-hydrogen) atoms. The molecule has 0 aromatic carbocycles. The topological polar surface area (TPSA) is 12.0 Å². The van der Waals surface area contributed by atoms with Gasteiger partial charge in [-0.2, -0.15) is 0 Å². The lowest BCUT2D eigenvalue weighted by molar-refractivity contribution is 0.901. The van der Waals surface area contributed by atoms with Crippen LogP contribution in [0.1, 0.15) is 6.92 Å². The SMILES string of the molecule is CNC/C(Cl)=C(/C)CCl. The van der Waals surface area contributed by atoms with Crippen molar-refractivity contribution in [2.75, 3.05) is 19.5 Å². The Kier molecular flexibility index (Phi) is 5.25.